The van der Waals surface area contributed by atoms with Crippen LogP contribution in [-0.4, -0.2) is 24.0 Å². The van der Waals surface area contributed by atoms with Crippen LogP contribution >= 0.6 is 11.3 Å². The topological polar surface area (TPSA) is 29.3 Å². The summed E-state index contributed by atoms with van der Waals surface area (Å²) in [5.74, 6) is 1.37. The van der Waals surface area contributed by atoms with E-state index >= 15 is 0 Å². The van der Waals surface area contributed by atoms with Crippen LogP contribution < -0.4 is 5.73 Å². The Kier molecular flexibility index (Phi) is 5.27. The van der Waals surface area contributed by atoms with E-state index in [9.17, 15) is 0 Å². The fourth-order valence-electron chi connectivity index (χ4n) is 3.51. The van der Waals surface area contributed by atoms with Gasteiger partial charge in [-0.3, -0.25) is 4.90 Å². The fourth-order valence-corrected chi connectivity index (χ4v) is 4.25. The molecule has 0 radical (unpaired) electrons. The van der Waals surface area contributed by atoms with Gasteiger partial charge in [-0.2, -0.15) is 0 Å². The minimum absolute atomic E-state index is 0.348. The zero-order valence-corrected chi connectivity index (χ0v) is 14.2. The summed E-state index contributed by atoms with van der Waals surface area (Å²) in [7, 11) is 0. The predicted molar refractivity (Wildman–Crippen MR) is 88.9 cm³/mol. The molecule has 2 nitrogen and oxygen atoms in total. The second kappa shape index (κ2) is 6.59. The smallest absolute Gasteiger partial charge is 0.0327 e. The van der Waals surface area contributed by atoms with Crippen LogP contribution in [0.3, 0.4) is 0 Å². The zero-order chi connectivity index (χ0) is 14.8. The molecule has 3 atom stereocenters. The predicted octanol–water partition coefficient (Wildman–Crippen LogP) is 3.97. The molecular weight excluding hydrogens is 264 g/mol. The van der Waals surface area contributed by atoms with Crippen molar-refractivity contribution in [3.8, 4) is 0 Å². The van der Waals surface area contributed by atoms with Crippen LogP contribution in [-0.2, 0) is 6.54 Å². The molecule has 1 saturated carbocycles. The highest BCUT2D eigenvalue weighted by molar-refractivity contribution is 7.09. The van der Waals surface area contributed by atoms with Gasteiger partial charge < -0.3 is 5.73 Å². The molecule has 2 N–H and O–H groups in total. The SMILES string of the molecule is CCN(Cc1cccs1)CC1CCC(N)C(C)C1(C)C. The molecule has 1 aliphatic rings. The first kappa shape index (κ1) is 16.0. The number of nitrogens with two attached hydrogens (primary N) is 1. The van der Waals surface area contributed by atoms with E-state index < -0.39 is 0 Å². The van der Waals surface area contributed by atoms with Crippen molar-refractivity contribution >= 4 is 11.3 Å². The fraction of sp³-hybridized carbons (Fsp3) is 0.765. The normalized spacial score (nSPS) is 29.8. The average molecular weight is 295 g/mol. The highest BCUT2D eigenvalue weighted by Gasteiger charge is 2.41. The van der Waals surface area contributed by atoms with Crippen LogP contribution in [0.25, 0.3) is 0 Å². The zero-order valence-electron chi connectivity index (χ0n) is 13.4. The maximum absolute atomic E-state index is 6.28. The van der Waals surface area contributed by atoms with Gasteiger partial charge in [0.1, 0.15) is 0 Å². The van der Waals surface area contributed by atoms with Gasteiger partial charge in [0.2, 0.25) is 0 Å². The molecule has 114 valence electrons. The Morgan fingerprint density at radius 1 is 1.40 bits per heavy atom. The molecule has 0 saturated heterocycles. The lowest BCUT2D eigenvalue weighted by Gasteiger charge is -2.48. The van der Waals surface area contributed by atoms with Crippen LogP contribution in [0.15, 0.2) is 17.5 Å². The maximum atomic E-state index is 6.28. The van der Waals surface area contributed by atoms with Gasteiger partial charge in [-0.15, -0.1) is 11.3 Å². The molecule has 0 bridgehead atoms. The number of thiophene rings is 1. The summed E-state index contributed by atoms with van der Waals surface area (Å²) in [5.41, 5.74) is 6.62. The molecule has 3 heteroatoms. The average Bonchev–Trinajstić information content (AvgIpc) is 2.91. The van der Waals surface area contributed by atoms with Crippen molar-refractivity contribution in [2.75, 3.05) is 13.1 Å². The molecular formula is C17H30N2S. The Morgan fingerprint density at radius 2 is 2.15 bits per heavy atom. The van der Waals surface area contributed by atoms with E-state index in [-0.39, 0.29) is 0 Å². The third kappa shape index (κ3) is 3.44. The first-order chi connectivity index (χ1) is 9.45. The summed E-state index contributed by atoms with van der Waals surface area (Å²) in [5, 5.41) is 2.18. The molecule has 2 rings (SSSR count). The quantitative estimate of drug-likeness (QED) is 0.890. The molecule has 3 unspecified atom stereocenters. The largest absolute Gasteiger partial charge is 0.327 e. The van der Waals surface area contributed by atoms with Gasteiger partial charge in [0, 0.05) is 24.0 Å². The molecule has 0 spiro atoms. The van der Waals surface area contributed by atoms with E-state index in [1.165, 1.54) is 24.3 Å². The van der Waals surface area contributed by atoms with E-state index in [4.69, 9.17) is 5.73 Å². The maximum Gasteiger partial charge on any atom is 0.0327 e. The molecule has 1 aromatic rings. The van der Waals surface area contributed by atoms with Crippen molar-refractivity contribution in [2.45, 2.75) is 53.1 Å². The highest BCUT2D eigenvalue weighted by Crippen LogP contribution is 2.44. The lowest BCUT2D eigenvalue weighted by Crippen LogP contribution is -2.49. The van der Waals surface area contributed by atoms with Crippen molar-refractivity contribution in [3.05, 3.63) is 22.4 Å². The monoisotopic (exact) mass is 294 g/mol. The van der Waals surface area contributed by atoms with Crippen LogP contribution in [0.2, 0.25) is 0 Å². The second-order valence-electron chi connectivity index (χ2n) is 6.96. The third-order valence-corrected chi connectivity index (χ3v) is 6.46. The molecule has 1 aromatic heterocycles. The minimum Gasteiger partial charge on any atom is -0.327 e. The number of hydrogen-bond acceptors (Lipinski definition) is 3. The molecule has 20 heavy (non-hydrogen) atoms. The second-order valence-corrected chi connectivity index (χ2v) is 7.99. The Labute approximate surface area is 128 Å². The van der Waals surface area contributed by atoms with Gasteiger partial charge in [0.25, 0.3) is 0 Å². The molecule has 0 aromatic carbocycles. The summed E-state index contributed by atoms with van der Waals surface area (Å²) in [6, 6.07) is 4.78. The summed E-state index contributed by atoms with van der Waals surface area (Å²) in [6.45, 7) is 12.9. The standard InChI is InChI=1S/C17H30N2S/c1-5-19(12-15-7-6-10-20-15)11-14-8-9-16(18)13(2)17(14,3)4/h6-7,10,13-14,16H,5,8-9,11-12,18H2,1-4H3. The molecule has 1 fully saturated rings. The lowest BCUT2D eigenvalue weighted by molar-refractivity contribution is 0.0282. The van der Waals surface area contributed by atoms with Gasteiger partial charge in [-0.05, 0) is 48.1 Å². The van der Waals surface area contributed by atoms with Crippen molar-refractivity contribution in [3.63, 3.8) is 0 Å². The molecule has 0 aliphatic heterocycles. The van der Waals surface area contributed by atoms with Crippen LogP contribution in [0, 0.1) is 17.3 Å². The van der Waals surface area contributed by atoms with Crippen molar-refractivity contribution in [2.24, 2.45) is 23.0 Å². The number of hydrogen-bond donors (Lipinski definition) is 1. The van der Waals surface area contributed by atoms with Crippen LogP contribution in [0.4, 0.5) is 0 Å². The lowest BCUT2D eigenvalue weighted by atomic mass is 9.61. The van der Waals surface area contributed by atoms with Crippen molar-refractivity contribution in [1.82, 2.24) is 4.90 Å². The molecule has 1 aliphatic carbocycles. The number of nitrogens with zero attached hydrogens (tertiary/aromatic N) is 1. The first-order valence-corrected chi connectivity index (χ1v) is 8.83. The summed E-state index contributed by atoms with van der Waals surface area (Å²) >= 11 is 1.87. The van der Waals surface area contributed by atoms with Gasteiger partial charge in [-0.25, -0.2) is 0 Å². The summed E-state index contributed by atoms with van der Waals surface area (Å²) < 4.78 is 0. The van der Waals surface area contributed by atoms with E-state index in [2.05, 4.69) is 50.1 Å². The van der Waals surface area contributed by atoms with Gasteiger partial charge in [0.05, 0.1) is 0 Å². The van der Waals surface area contributed by atoms with Crippen molar-refractivity contribution < 1.29 is 0 Å². The van der Waals surface area contributed by atoms with Gasteiger partial charge in [-0.1, -0.05) is 33.8 Å². The Bertz CT molecular complexity index is 399. The first-order valence-electron chi connectivity index (χ1n) is 7.95. The Balaban J connectivity index is 1.99. The van der Waals surface area contributed by atoms with E-state index in [1.54, 1.807) is 0 Å². The molecule has 0 amide bonds. The van der Waals surface area contributed by atoms with Crippen LogP contribution in [0.1, 0.15) is 45.4 Å². The minimum atomic E-state index is 0.348. The Morgan fingerprint density at radius 3 is 2.75 bits per heavy atom. The Hall–Kier alpha value is -0.380. The van der Waals surface area contributed by atoms with Crippen LogP contribution in [0.5, 0.6) is 0 Å². The van der Waals surface area contributed by atoms with E-state index in [0.717, 1.165) is 19.0 Å². The van der Waals surface area contributed by atoms with Gasteiger partial charge in [0.15, 0.2) is 0 Å². The molecule has 1 heterocycles. The summed E-state index contributed by atoms with van der Waals surface area (Å²) in [6.07, 6.45) is 2.46. The third-order valence-electron chi connectivity index (χ3n) is 5.60. The van der Waals surface area contributed by atoms with E-state index in [0.29, 0.717) is 17.4 Å². The highest BCUT2D eigenvalue weighted by atomic mass is 32.1. The number of rotatable bonds is 5. The summed E-state index contributed by atoms with van der Waals surface area (Å²) in [4.78, 5) is 4.08. The van der Waals surface area contributed by atoms with Crippen molar-refractivity contribution in [1.29, 1.82) is 0 Å². The van der Waals surface area contributed by atoms with E-state index in [1.807, 2.05) is 11.3 Å². The van der Waals surface area contributed by atoms with Gasteiger partial charge >= 0.3 is 0 Å².